The number of methoxy groups -OCH3 is 1. The molecular formula is C23H28N3OS+. The summed E-state index contributed by atoms with van der Waals surface area (Å²) < 4.78 is 5.52. The number of aryl methyl sites for hydroxylation is 1. The van der Waals surface area contributed by atoms with Crippen LogP contribution in [-0.2, 0) is 13.0 Å². The van der Waals surface area contributed by atoms with Gasteiger partial charge in [0.25, 0.3) is 0 Å². The Morgan fingerprint density at radius 1 is 1.07 bits per heavy atom. The monoisotopic (exact) mass is 394 g/mol. The van der Waals surface area contributed by atoms with Crippen molar-refractivity contribution in [3.8, 4) is 16.3 Å². The van der Waals surface area contributed by atoms with Crippen LogP contribution in [0.25, 0.3) is 10.6 Å². The zero-order valence-corrected chi connectivity index (χ0v) is 17.5. The van der Waals surface area contributed by atoms with Gasteiger partial charge in [0.15, 0.2) is 0 Å². The molecule has 28 heavy (non-hydrogen) atoms. The molecule has 0 aliphatic carbocycles. The number of anilines is 1. The Hall–Kier alpha value is -2.37. The lowest BCUT2D eigenvalue weighted by molar-refractivity contribution is -0.914. The second kappa shape index (κ2) is 8.76. The van der Waals surface area contributed by atoms with Gasteiger partial charge in [0, 0.05) is 10.9 Å². The molecule has 1 N–H and O–H groups in total. The maximum Gasteiger partial charge on any atom is 0.142 e. The van der Waals surface area contributed by atoms with Gasteiger partial charge in [0.05, 0.1) is 39.0 Å². The summed E-state index contributed by atoms with van der Waals surface area (Å²) in [5, 5.41) is 3.35. The summed E-state index contributed by atoms with van der Waals surface area (Å²) in [6.07, 6.45) is 1.08. The van der Waals surface area contributed by atoms with E-state index in [1.165, 1.54) is 22.5 Å². The summed E-state index contributed by atoms with van der Waals surface area (Å²) >= 11 is 1.76. The Labute approximate surface area is 171 Å². The molecule has 4 rings (SSSR count). The van der Waals surface area contributed by atoms with E-state index in [9.17, 15) is 0 Å². The molecule has 0 spiro atoms. The summed E-state index contributed by atoms with van der Waals surface area (Å²) in [4.78, 5) is 8.93. The topological polar surface area (TPSA) is 29.8 Å². The van der Waals surface area contributed by atoms with Gasteiger partial charge < -0.3 is 14.5 Å². The molecule has 0 saturated carbocycles. The second-order valence-corrected chi connectivity index (χ2v) is 8.14. The van der Waals surface area contributed by atoms with E-state index in [0.29, 0.717) is 0 Å². The summed E-state index contributed by atoms with van der Waals surface area (Å²) in [7, 11) is 1.75. The van der Waals surface area contributed by atoms with Gasteiger partial charge >= 0.3 is 0 Å². The van der Waals surface area contributed by atoms with Crippen molar-refractivity contribution in [1.82, 2.24) is 4.98 Å². The van der Waals surface area contributed by atoms with E-state index >= 15 is 0 Å². The Kier molecular flexibility index (Phi) is 5.93. The second-order valence-electron chi connectivity index (χ2n) is 7.28. The van der Waals surface area contributed by atoms with Crippen LogP contribution < -0.4 is 14.5 Å². The number of ether oxygens (including phenoxy) is 1. The van der Waals surface area contributed by atoms with Crippen LogP contribution in [0.4, 0.5) is 5.69 Å². The molecule has 1 aromatic heterocycles. The number of hydrogen-bond acceptors (Lipinski definition) is 4. The average Bonchev–Trinajstić information content (AvgIpc) is 3.23. The lowest BCUT2D eigenvalue weighted by Gasteiger charge is -2.34. The van der Waals surface area contributed by atoms with Crippen molar-refractivity contribution in [2.24, 2.45) is 0 Å². The summed E-state index contributed by atoms with van der Waals surface area (Å²) in [5.74, 6) is 0.962. The molecule has 5 heteroatoms. The highest BCUT2D eigenvalue weighted by Gasteiger charge is 2.23. The van der Waals surface area contributed by atoms with Crippen LogP contribution in [0.5, 0.6) is 5.75 Å². The van der Waals surface area contributed by atoms with Gasteiger partial charge in [-0.3, -0.25) is 0 Å². The molecule has 0 atom stereocenters. The Bertz CT molecular complexity index is 898. The van der Waals surface area contributed by atoms with E-state index in [-0.39, 0.29) is 0 Å². The van der Waals surface area contributed by atoms with Crippen LogP contribution in [0.3, 0.4) is 0 Å². The number of nitrogens with one attached hydrogen (secondary N) is 1. The standard InChI is InChI=1S/C23H27N3OS/c1-3-18-8-10-19(11-9-18)23-24-20(17-28-23)16-25-12-14-26(15-13-25)21-6-4-5-7-22(21)27-2/h4-11,17H,3,12-16H2,1-2H3/p+1. The number of nitrogens with zero attached hydrogens (tertiary/aromatic N) is 2. The first-order valence-electron chi connectivity index (χ1n) is 10.0. The lowest BCUT2D eigenvalue weighted by Crippen LogP contribution is -3.13. The van der Waals surface area contributed by atoms with Gasteiger partial charge in [-0.2, -0.15) is 0 Å². The van der Waals surface area contributed by atoms with Crippen LogP contribution in [0, 0.1) is 0 Å². The first-order chi connectivity index (χ1) is 13.8. The van der Waals surface area contributed by atoms with Crippen LogP contribution >= 0.6 is 11.3 Å². The number of rotatable bonds is 6. The van der Waals surface area contributed by atoms with Crippen molar-refractivity contribution in [3.63, 3.8) is 0 Å². The van der Waals surface area contributed by atoms with Crippen molar-refractivity contribution in [2.45, 2.75) is 19.9 Å². The van der Waals surface area contributed by atoms with E-state index < -0.39 is 0 Å². The van der Waals surface area contributed by atoms with E-state index in [0.717, 1.165) is 49.9 Å². The van der Waals surface area contributed by atoms with Crippen molar-refractivity contribution >= 4 is 17.0 Å². The minimum Gasteiger partial charge on any atom is -0.495 e. The number of quaternary nitrogens is 1. The summed E-state index contributed by atoms with van der Waals surface area (Å²) in [6.45, 7) is 7.53. The minimum atomic E-state index is 0.962. The Morgan fingerprint density at radius 3 is 2.54 bits per heavy atom. The quantitative estimate of drug-likeness (QED) is 0.696. The summed E-state index contributed by atoms with van der Waals surface area (Å²) in [5.41, 5.74) is 5.01. The number of thiazole rings is 1. The first kappa shape index (κ1) is 19.0. The number of benzene rings is 2. The van der Waals surface area contributed by atoms with Crippen molar-refractivity contribution in [2.75, 3.05) is 38.2 Å². The molecule has 3 aromatic rings. The van der Waals surface area contributed by atoms with Gasteiger partial charge in [-0.05, 0) is 24.1 Å². The zero-order valence-electron chi connectivity index (χ0n) is 16.6. The fourth-order valence-corrected chi connectivity index (χ4v) is 4.62. The average molecular weight is 395 g/mol. The third-order valence-electron chi connectivity index (χ3n) is 5.49. The van der Waals surface area contributed by atoms with Gasteiger partial charge in [0.2, 0.25) is 0 Å². The molecule has 1 aliphatic rings. The van der Waals surface area contributed by atoms with Gasteiger partial charge in [-0.15, -0.1) is 11.3 Å². The minimum absolute atomic E-state index is 0.962. The number of piperazine rings is 1. The molecule has 1 fully saturated rings. The predicted octanol–water partition coefficient (Wildman–Crippen LogP) is 3.29. The van der Waals surface area contributed by atoms with E-state index in [1.54, 1.807) is 23.3 Å². The molecular weight excluding hydrogens is 366 g/mol. The number of para-hydroxylation sites is 2. The van der Waals surface area contributed by atoms with E-state index in [1.807, 2.05) is 12.1 Å². The molecule has 0 amide bonds. The van der Waals surface area contributed by atoms with Crippen LogP contribution in [0.15, 0.2) is 53.9 Å². The van der Waals surface area contributed by atoms with Gasteiger partial charge in [0.1, 0.15) is 23.0 Å². The number of hydrogen-bond donors (Lipinski definition) is 1. The molecule has 2 aromatic carbocycles. The fraction of sp³-hybridized carbons (Fsp3) is 0.348. The smallest absolute Gasteiger partial charge is 0.142 e. The van der Waals surface area contributed by atoms with E-state index in [4.69, 9.17) is 9.72 Å². The van der Waals surface area contributed by atoms with Crippen LogP contribution in [0.2, 0.25) is 0 Å². The molecule has 1 aliphatic heterocycles. The van der Waals surface area contributed by atoms with Crippen LogP contribution in [-0.4, -0.2) is 38.3 Å². The molecule has 2 heterocycles. The molecule has 4 nitrogen and oxygen atoms in total. The third kappa shape index (κ3) is 4.21. The number of aromatic nitrogens is 1. The fourth-order valence-electron chi connectivity index (χ4n) is 3.79. The Morgan fingerprint density at radius 2 is 1.82 bits per heavy atom. The summed E-state index contributed by atoms with van der Waals surface area (Å²) in [6, 6.07) is 17.1. The van der Waals surface area contributed by atoms with Crippen LogP contribution in [0.1, 0.15) is 18.2 Å². The van der Waals surface area contributed by atoms with Gasteiger partial charge in [-0.1, -0.05) is 43.3 Å². The zero-order chi connectivity index (χ0) is 19.3. The SMILES string of the molecule is CCc1ccc(-c2nc(C[NH+]3CCN(c4ccccc4OC)CC3)cs2)cc1. The third-order valence-corrected chi connectivity index (χ3v) is 6.43. The predicted molar refractivity (Wildman–Crippen MR) is 117 cm³/mol. The van der Waals surface area contributed by atoms with Gasteiger partial charge in [-0.25, -0.2) is 4.98 Å². The molecule has 0 radical (unpaired) electrons. The van der Waals surface area contributed by atoms with Crippen molar-refractivity contribution < 1.29 is 9.64 Å². The Balaban J connectivity index is 1.35. The highest BCUT2D eigenvalue weighted by atomic mass is 32.1. The normalized spacial score (nSPS) is 15.0. The first-order valence-corrected chi connectivity index (χ1v) is 10.9. The molecule has 146 valence electrons. The molecule has 0 bridgehead atoms. The maximum absolute atomic E-state index is 5.52. The maximum atomic E-state index is 5.52. The highest BCUT2D eigenvalue weighted by Crippen LogP contribution is 2.27. The molecule has 0 unspecified atom stereocenters. The van der Waals surface area contributed by atoms with Crippen molar-refractivity contribution in [1.29, 1.82) is 0 Å². The van der Waals surface area contributed by atoms with E-state index in [2.05, 4.69) is 53.6 Å². The van der Waals surface area contributed by atoms with Crippen molar-refractivity contribution in [3.05, 3.63) is 65.2 Å². The molecule has 1 saturated heterocycles. The lowest BCUT2D eigenvalue weighted by atomic mass is 10.1. The highest BCUT2D eigenvalue weighted by molar-refractivity contribution is 7.13. The largest absolute Gasteiger partial charge is 0.495 e.